The molecule has 0 bridgehead atoms. The fraction of sp³-hybridized carbons (Fsp3) is 0.500. The van der Waals surface area contributed by atoms with Gasteiger partial charge in [-0.3, -0.25) is 19.4 Å². The SMILES string of the molecule is CC(C)C[C@H](NC(=O)CCc1ccccn1)C(=O)ON1C(=O)CCC1=O. The first kappa shape index (κ1) is 19.6. The van der Waals surface area contributed by atoms with Gasteiger partial charge < -0.3 is 10.2 Å². The van der Waals surface area contributed by atoms with Crippen LogP contribution in [0, 0.1) is 5.92 Å². The summed E-state index contributed by atoms with van der Waals surface area (Å²) in [6, 6.07) is 4.52. The van der Waals surface area contributed by atoms with Gasteiger partial charge in [-0.1, -0.05) is 19.9 Å². The standard InChI is InChI=1S/C18H23N3O5/c1-12(2)11-14(18(25)26-21-16(23)8-9-17(21)24)20-15(22)7-6-13-5-3-4-10-19-13/h3-5,10,12,14H,6-9,11H2,1-2H3,(H,20,22)/t14-/m0/s1. The van der Waals surface area contributed by atoms with Crippen molar-refractivity contribution in [3.8, 4) is 0 Å². The number of hydrogen-bond donors (Lipinski definition) is 1. The van der Waals surface area contributed by atoms with E-state index < -0.39 is 23.8 Å². The Morgan fingerprint density at radius 1 is 1.23 bits per heavy atom. The number of nitrogens with one attached hydrogen (secondary N) is 1. The molecule has 1 aliphatic rings. The van der Waals surface area contributed by atoms with Gasteiger partial charge in [0.05, 0.1) is 0 Å². The molecule has 3 amide bonds. The predicted octanol–water partition coefficient (Wildman–Crippen LogP) is 1.15. The topological polar surface area (TPSA) is 106 Å². The summed E-state index contributed by atoms with van der Waals surface area (Å²) in [7, 11) is 0. The van der Waals surface area contributed by atoms with Crippen molar-refractivity contribution in [3.05, 3.63) is 30.1 Å². The second-order valence-corrected chi connectivity index (χ2v) is 6.56. The summed E-state index contributed by atoms with van der Waals surface area (Å²) in [5, 5.41) is 3.13. The third-order valence-electron chi connectivity index (χ3n) is 3.85. The number of nitrogens with zero attached hydrogens (tertiary/aromatic N) is 2. The molecule has 26 heavy (non-hydrogen) atoms. The molecule has 2 heterocycles. The van der Waals surface area contributed by atoms with Gasteiger partial charge in [0.25, 0.3) is 11.8 Å². The molecular weight excluding hydrogens is 338 g/mol. The van der Waals surface area contributed by atoms with E-state index in [9.17, 15) is 19.2 Å². The van der Waals surface area contributed by atoms with Crippen molar-refractivity contribution in [3.63, 3.8) is 0 Å². The van der Waals surface area contributed by atoms with Crippen LogP contribution < -0.4 is 5.32 Å². The molecule has 1 aromatic rings. The predicted molar refractivity (Wildman–Crippen MR) is 91.1 cm³/mol. The van der Waals surface area contributed by atoms with E-state index in [-0.39, 0.29) is 31.1 Å². The number of rotatable bonds is 8. The Hall–Kier alpha value is -2.77. The van der Waals surface area contributed by atoms with Crippen molar-refractivity contribution in [2.24, 2.45) is 5.92 Å². The lowest BCUT2D eigenvalue weighted by molar-refractivity contribution is -0.199. The van der Waals surface area contributed by atoms with Crippen LogP contribution in [0.1, 0.15) is 45.2 Å². The quantitative estimate of drug-likeness (QED) is 0.696. The number of hydrogen-bond acceptors (Lipinski definition) is 6. The van der Waals surface area contributed by atoms with E-state index >= 15 is 0 Å². The van der Waals surface area contributed by atoms with Crippen molar-refractivity contribution in [2.45, 2.75) is 52.0 Å². The van der Waals surface area contributed by atoms with Crippen LogP contribution in [-0.2, 0) is 30.4 Å². The van der Waals surface area contributed by atoms with E-state index in [1.54, 1.807) is 12.3 Å². The largest absolute Gasteiger partial charge is 0.355 e. The van der Waals surface area contributed by atoms with Crippen molar-refractivity contribution in [2.75, 3.05) is 0 Å². The number of carbonyl (C=O) groups excluding carboxylic acids is 4. The number of pyridine rings is 1. The monoisotopic (exact) mass is 361 g/mol. The third kappa shape index (κ3) is 5.65. The van der Waals surface area contributed by atoms with E-state index in [1.165, 1.54) is 0 Å². The minimum Gasteiger partial charge on any atom is -0.343 e. The van der Waals surface area contributed by atoms with Crippen molar-refractivity contribution in [1.29, 1.82) is 0 Å². The lowest BCUT2D eigenvalue weighted by Gasteiger charge is -2.21. The molecule has 0 saturated carbocycles. The first-order valence-corrected chi connectivity index (χ1v) is 8.63. The number of amides is 3. The lowest BCUT2D eigenvalue weighted by Crippen LogP contribution is -2.46. The fourth-order valence-corrected chi connectivity index (χ4v) is 2.55. The van der Waals surface area contributed by atoms with Crippen LogP contribution in [0.4, 0.5) is 0 Å². The van der Waals surface area contributed by atoms with Gasteiger partial charge in [-0.05, 0) is 30.9 Å². The van der Waals surface area contributed by atoms with Gasteiger partial charge >= 0.3 is 5.97 Å². The minimum atomic E-state index is -0.924. The number of hydroxylamine groups is 2. The Kier molecular flexibility index (Phi) is 6.82. The number of carbonyl (C=O) groups is 4. The van der Waals surface area contributed by atoms with Gasteiger partial charge in [0.1, 0.15) is 6.04 Å². The fourth-order valence-electron chi connectivity index (χ4n) is 2.55. The van der Waals surface area contributed by atoms with Gasteiger partial charge in [0.2, 0.25) is 5.91 Å². The molecule has 0 aromatic carbocycles. The smallest absolute Gasteiger partial charge is 0.343 e. The molecule has 1 saturated heterocycles. The average Bonchev–Trinajstić information content (AvgIpc) is 2.92. The van der Waals surface area contributed by atoms with E-state index in [1.807, 2.05) is 26.0 Å². The van der Waals surface area contributed by atoms with Gasteiger partial charge in [0.15, 0.2) is 0 Å². The van der Waals surface area contributed by atoms with Crippen molar-refractivity contribution < 1.29 is 24.0 Å². The first-order valence-electron chi connectivity index (χ1n) is 8.63. The summed E-state index contributed by atoms with van der Waals surface area (Å²) in [4.78, 5) is 56.8. The van der Waals surface area contributed by atoms with Crippen molar-refractivity contribution >= 4 is 23.7 Å². The highest BCUT2D eigenvalue weighted by molar-refractivity contribution is 6.01. The van der Waals surface area contributed by atoms with Gasteiger partial charge in [-0.2, -0.15) is 0 Å². The van der Waals surface area contributed by atoms with Crippen LogP contribution in [0.2, 0.25) is 0 Å². The second-order valence-electron chi connectivity index (χ2n) is 6.56. The summed E-state index contributed by atoms with van der Waals surface area (Å²) >= 11 is 0. The summed E-state index contributed by atoms with van der Waals surface area (Å²) in [6.07, 6.45) is 2.65. The minimum absolute atomic E-state index is 0.0252. The normalized spacial score (nSPS) is 15.3. The third-order valence-corrected chi connectivity index (χ3v) is 3.85. The molecule has 0 aliphatic carbocycles. The second kappa shape index (κ2) is 9.07. The maximum absolute atomic E-state index is 12.3. The van der Waals surface area contributed by atoms with Crippen LogP contribution in [0.25, 0.3) is 0 Å². The molecule has 8 nitrogen and oxygen atoms in total. The van der Waals surface area contributed by atoms with Crippen LogP contribution in [0.15, 0.2) is 24.4 Å². The molecule has 1 aliphatic heterocycles. The summed E-state index contributed by atoms with van der Waals surface area (Å²) in [6.45, 7) is 3.79. The Bertz CT molecular complexity index is 659. The highest BCUT2D eigenvalue weighted by Crippen LogP contribution is 2.15. The van der Waals surface area contributed by atoms with E-state index in [4.69, 9.17) is 4.84 Å². The maximum Gasteiger partial charge on any atom is 0.355 e. The average molecular weight is 361 g/mol. The molecule has 1 atom stereocenters. The zero-order chi connectivity index (χ0) is 19.1. The number of aryl methyl sites for hydroxylation is 1. The Morgan fingerprint density at radius 3 is 2.50 bits per heavy atom. The van der Waals surface area contributed by atoms with Crippen LogP contribution in [-0.4, -0.2) is 39.8 Å². The Labute approximate surface area is 151 Å². The number of aromatic nitrogens is 1. The molecule has 1 fully saturated rings. The highest BCUT2D eigenvalue weighted by Gasteiger charge is 2.35. The van der Waals surface area contributed by atoms with Crippen molar-refractivity contribution in [1.82, 2.24) is 15.4 Å². The molecule has 1 N–H and O–H groups in total. The van der Waals surface area contributed by atoms with Crippen LogP contribution in [0.3, 0.4) is 0 Å². The summed E-state index contributed by atoms with van der Waals surface area (Å²) < 4.78 is 0. The Morgan fingerprint density at radius 2 is 1.92 bits per heavy atom. The molecule has 140 valence electrons. The van der Waals surface area contributed by atoms with Gasteiger partial charge in [-0.25, -0.2) is 4.79 Å². The van der Waals surface area contributed by atoms with Crippen LogP contribution in [0.5, 0.6) is 0 Å². The molecule has 0 radical (unpaired) electrons. The zero-order valence-corrected chi connectivity index (χ0v) is 14.9. The molecule has 0 unspecified atom stereocenters. The summed E-state index contributed by atoms with van der Waals surface area (Å²) in [5.74, 6) is -2.12. The van der Waals surface area contributed by atoms with Gasteiger partial charge in [-0.15, -0.1) is 5.06 Å². The summed E-state index contributed by atoms with van der Waals surface area (Å²) in [5.41, 5.74) is 0.777. The molecule has 2 rings (SSSR count). The maximum atomic E-state index is 12.3. The van der Waals surface area contributed by atoms with Crippen LogP contribution >= 0.6 is 0 Å². The van der Waals surface area contributed by atoms with E-state index in [0.717, 1.165) is 5.69 Å². The first-order chi connectivity index (χ1) is 12.4. The Balaban J connectivity index is 1.92. The molecule has 0 spiro atoms. The molecule has 1 aromatic heterocycles. The molecule has 8 heteroatoms. The van der Waals surface area contributed by atoms with E-state index in [0.29, 0.717) is 17.9 Å². The van der Waals surface area contributed by atoms with E-state index in [2.05, 4.69) is 10.3 Å². The van der Waals surface area contributed by atoms with Gasteiger partial charge in [0, 0.05) is 31.2 Å². The zero-order valence-electron chi connectivity index (χ0n) is 14.9. The highest BCUT2D eigenvalue weighted by atomic mass is 16.7. The lowest BCUT2D eigenvalue weighted by atomic mass is 10.0. The molecular formula is C18H23N3O5. The number of imide groups is 1.